The van der Waals surface area contributed by atoms with Crippen LogP contribution >= 0.6 is 12.2 Å². The Bertz CT molecular complexity index is 924. The number of benzene rings is 2. The van der Waals surface area contributed by atoms with Crippen LogP contribution in [0.25, 0.3) is 0 Å². The maximum Gasteiger partial charge on any atom is 0.256 e. The maximum absolute atomic E-state index is 12.7. The number of nitrogens with two attached hydrogens (primary N) is 1. The number of β-lactam (4-membered cyclic amide) rings is 1. The number of ether oxygens (including phenoxy) is 4. The second-order valence-electron chi connectivity index (χ2n) is 6.08. The highest BCUT2D eigenvalue weighted by Gasteiger charge is 2.43. The first-order valence-corrected chi connectivity index (χ1v) is 9.34. The number of nitrogens with zero attached hydrogens (tertiary/aromatic N) is 1. The molecule has 1 fully saturated rings. The van der Waals surface area contributed by atoms with E-state index >= 15 is 0 Å². The van der Waals surface area contributed by atoms with Gasteiger partial charge in [-0.25, -0.2) is 5.14 Å². The summed E-state index contributed by atoms with van der Waals surface area (Å²) >= 11 is 0.713. The van der Waals surface area contributed by atoms with Gasteiger partial charge in [-0.15, -0.1) is 0 Å². The summed E-state index contributed by atoms with van der Waals surface area (Å²) in [4.78, 5) is 14.3. The van der Waals surface area contributed by atoms with E-state index in [1.54, 1.807) is 29.2 Å². The van der Waals surface area contributed by atoms with Crippen molar-refractivity contribution in [3.63, 3.8) is 0 Å². The Hall–Kier alpha value is -3.04. The fraction of sp³-hybridized carbons (Fsp3) is 0.250. The van der Waals surface area contributed by atoms with Crippen molar-refractivity contribution in [2.24, 2.45) is 5.14 Å². The number of carbonyl (C=O) groups excluding carboxylic acids is 1. The summed E-state index contributed by atoms with van der Waals surface area (Å²) in [6.45, 7) is 3.93. The molecular formula is C20H22N2O6S. The van der Waals surface area contributed by atoms with Crippen molar-refractivity contribution in [1.82, 2.24) is 0 Å². The van der Waals surface area contributed by atoms with E-state index < -0.39 is 0 Å². The smallest absolute Gasteiger partial charge is 0.256 e. The van der Waals surface area contributed by atoms with Crippen LogP contribution in [0.2, 0.25) is 0 Å². The van der Waals surface area contributed by atoms with E-state index in [2.05, 4.69) is 6.58 Å². The van der Waals surface area contributed by atoms with Crippen LogP contribution < -0.4 is 33.2 Å². The molecule has 8 nitrogen and oxygen atoms in total. The van der Waals surface area contributed by atoms with Gasteiger partial charge in [-0.1, -0.05) is 12.6 Å². The summed E-state index contributed by atoms with van der Waals surface area (Å²) < 4.78 is 26.8. The molecule has 1 aliphatic rings. The number of anilines is 1. The fourth-order valence-electron chi connectivity index (χ4n) is 3.28. The molecule has 29 heavy (non-hydrogen) atoms. The monoisotopic (exact) mass is 418 g/mol. The lowest BCUT2D eigenvalue weighted by atomic mass is 9.88. The van der Waals surface area contributed by atoms with E-state index in [1.807, 2.05) is 6.07 Å². The minimum Gasteiger partial charge on any atom is -0.493 e. The molecule has 2 N–H and O–H groups in total. The summed E-state index contributed by atoms with van der Waals surface area (Å²) in [5.41, 5.74) is 1.84. The normalized spacial score (nSPS) is 15.6. The van der Waals surface area contributed by atoms with Gasteiger partial charge >= 0.3 is 0 Å². The van der Waals surface area contributed by atoms with E-state index in [1.165, 1.54) is 28.4 Å². The Morgan fingerprint density at radius 3 is 2.07 bits per heavy atom. The zero-order valence-electron chi connectivity index (χ0n) is 16.6. The first-order valence-electron chi connectivity index (χ1n) is 8.54. The van der Waals surface area contributed by atoms with Crippen molar-refractivity contribution in [2.45, 2.75) is 6.04 Å². The molecule has 0 unspecified atom stereocenters. The molecule has 1 atom stereocenters. The highest BCUT2D eigenvalue weighted by atomic mass is 32.2. The quantitative estimate of drug-likeness (QED) is 0.302. The zero-order chi connectivity index (χ0) is 21.1. The maximum atomic E-state index is 12.7. The highest BCUT2D eigenvalue weighted by Crippen LogP contribution is 2.48. The summed E-state index contributed by atoms with van der Waals surface area (Å²) in [6, 6.07) is 8.42. The molecule has 0 aromatic heterocycles. The molecule has 3 rings (SSSR count). The van der Waals surface area contributed by atoms with Crippen LogP contribution in [0.4, 0.5) is 5.69 Å². The van der Waals surface area contributed by atoms with Crippen molar-refractivity contribution in [3.8, 4) is 28.7 Å². The van der Waals surface area contributed by atoms with Crippen LogP contribution in [0.5, 0.6) is 28.7 Å². The average Bonchev–Trinajstić information content (AvgIpc) is 2.75. The van der Waals surface area contributed by atoms with Crippen LogP contribution in [0.3, 0.4) is 0 Å². The van der Waals surface area contributed by atoms with Crippen LogP contribution in [0, 0.1) is 0 Å². The van der Waals surface area contributed by atoms with Crippen LogP contribution in [0.15, 0.2) is 42.5 Å². The molecule has 9 heteroatoms. The lowest BCUT2D eigenvalue weighted by molar-refractivity contribution is -0.118. The number of hydrogen-bond donors (Lipinski definition) is 1. The minimum absolute atomic E-state index is 0.198. The third kappa shape index (κ3) is 3.54. The van der Waals surface area contributed by atoms with E-state index in [4.69, 9.17) is 28.3 Å². The molecule has 2 aromatic carbocycles. The van der Waals surface area contributed by atoms with Gasteiger partial charge in [-0.3, -0.25) is 9.69 Å². The molecule has 1 heterocycles. The predicted octanol–water partition coefficient (Wildman–Crippen LogP) is 3.27. The predicted molar refractivity (Wildman–Crippen MR) is 111 cm³/mol. The third-order valence-electron chi connectivity index (χ3n) is 4.65. The summed E-state index contributed by atoms with van der Waals surface area (Å²) in [5, 5.41) is 5.43. The number of amides is 1. The van der Waals surface area contributed by atoms with Crippen LogP contribution in [-0.4, -0.2) is 34.3 Å². The van der Waals surface area contributed by atoms with Crippen molar-refractivity contribution in [1.29, 1.82) is 0 Å². The molecule has 1 aliphatic heterocycles. The van der Waals surface area contributed by atoms with Gasteiger partial charge in [0.15, 0.2) is 23.0 Å². The van der Waals surface area contributed by atoms with Gasteiger partial charge in [-0.05, 0) is 17.7 Å². The molecular weight excluding hydrogens is 396 g/mol. The third-order valence-corrected chi connectivity index (χ3v) is 4.93. The molecule has 1 amide bonds. The lowest BCUT2D eigenvalue weighted by Crippen LogP contribution is -2.48. The Morgan fingerprint density at radius 2 is 1.55 bits per heavy atom. The van der Waals surface area contributed by atoms with Gasteiger partial charge in [0.2, 0.25) is 5.75 Å². The van der Waals surface area contributed by atoms with Gasteiger partial charge in [-0.2, -0.15) is 0 Å². The Morgan fingerprint density at radius 1 is 0.931 bits per heavy atom. The SMILES string of the molecule is C=C1C(=O)N(c2cc(OC)c(OC)c(OC)c2)[C@H]1c1ccc(OC)c(OSN)c1. The number of hydrogen-bond acceptors (Lipinski definition) is 8. The molecule has 0 bridgehead atoms. The fourth-order valence-corrected chi connectivity index (χ4v) is 3.52. The largest absolute Gasteiger partial charge is 0.493 e. The van der Waals surface area contributed by atoms with E-state index in [0.29, 0.717) is 52.2 Å². The first-order chi connectivity index (χ1) is 14.0. The second kappa shape index (κ2) is 8.54. The van der Waals surface area contributed by atoms with Crippen LogP contribution in [-0.2, 0) is 4.79 Å². The van der Waals surface area contributed by atoms with Gasteiger partial charge in [0.25, 0.3) is 5.91 Å². The van der Waals surface area contributed by atoms with Gasteiger partial charge in [0.05, 0.1) is 40.2 Å². The number of carbonyl (C=O) groups is 1. The average molecular weight is 418 g/mol. The Balaban J connectivity index is 2.06. The Kier molecular flexibility index (Phi) is 6.09. The lowest BCUT2D eigenvalue weighted by Gasteiger charge is -2.42. The van der Waals surface area contributed by atoms with Crippen molar-refractivity contribution < 1.29 is 27.9 Å². The summed E-state index contributed by atoms with van der Waals surface area (Å²) in [6.07, 6.45) is 0. The molecule has 2 aromatic rings. The second-order valence-corrected chi connectivity index (χ2v) is 6.44. The van der Waals surface area contributed by atoms with Gasteiger partial charge in [0, 0.05) is 17.7 Å². The van der Waals surface area contributed by atoms with Gasteiger partial charge < -0.3 is 23.1 Å². The van der Waals surface area contributed by atoms with E-state index in [-0.39, 0.29) is 11.9 Å². The molecule has 0 aliphatic carbocycles. The zero-order valence-corrected chi connectivity index (χ0v) is 17.4. The first kappa shape index (κ1) is 20.7. The minimum atomic E-state index is -0.388. The highest BCUT2D eigenvalue weighted by molar-refractivity contribution is 7.92. The number of methoxy groups -OCH3 is 4. The van der Waals surface area contributed by atoms with E-state index in [0.717, 1.165) is 5.56 Å². The van der Waals surface area contributed by atoms with Crippen molar-refractivity contribution in [2.75, 3.05) is 33.3 Å². The molecule has 0 saturated carbocycles. The number of rotatable bonds is 8. The van der Waals surface area contributed by atoms with Crippen molar-refractivity contribution >= 4 is 23.8 Å². The topological polar surface area (TPSA) is 92.5 Å². The summed E-state index contributed by atoms with van der Waals surface area (Å²) in [7, 11) is 6.10. The molecule has 1 saturated heterocycles. The Labute approximate surface area is 173 Å². The van der Waals surface area contributed by atoms with E-state index in [9.17, 15) is 4.79 Å². The van der Waals surface area contributed by atoms with Crippen LogP contribution in [0.1, 0.15) is 11.6 Å². The molecule has 0 spiro atoms. The van der Waals surface area contributed by atoms with Crippen molar-refractivity contribution in [3.05, 3.63) is 48.0 Å². The van der Waals surface area contributed by atoms with Gasteiger partial charge in [0.1, 0.15) is 12.2 Å². The molecule has 154 valence electrons. The summed E-state index contributed by atoms with van der Waals surface area (Å²) in [5.74, 6) is 2.13. The standard InChI is InChI=1S/C20H22N2O6S/c1-11-18(12-6-7-14(24-2)15(8-12)28-29-21)22(20(11)23)13-9-16(25-3)19(27-5)17(10-13)26-4/h6-10,18H,1,21H2,2-5H3/t18-/m1/s1. The molecule has 0 radical (unpaired) electrons.